The van der Waals surface area contributed by atoms with E-state index in [1.54, 1.807) is 19.1 Å². The SMILES string of the molecule is CCOC(=O)c1ccc(C)c(NC(=S)N[C@H](C)c2ccc(N3CCCC3)cc2)c1. The summed E-state index contributed by atoms with van der Waals surface area (Å²) in [5, 5.41) is 7.05. The molecule has 2 N–H and O–H groups in total. The first kappa shape index (κ1) is 21.1. The Morgan fingerprint density at radius 3 is 2.52 bits per heavy atom. The van der Waals surface area contributed by atoms with Crippen LogP contribution in [-0.4, -0.2) is 30.8 Å². The Balaban J connectivity index is 1.61. The van der Waals surface area contributed by atoms with Crippen LogP contribution in [0.2, 0.25) is 0 Å². The summed E-state index contributed by atoms with van der Waals surface area (Å²) in [7, 11) is 0. The van der Waals surface area contributed by atoms with Crippen LogP contribution in [-0.2, 0) is 4.74 Å². The lowest BCUT2D eigenvalue weighted by atomic mass is 10.1. The zero-order valence-corrected chi connectivity index (χ0v) is 18.1. The highest BCUT2D eigenvalue weighted by Gasteiger charge is 2.14. The summed E-state index contributed by atoms with van der Waals surface area (Å²) in [5.41, 5.74) is 4.77. The van der Waals surface area contributed by atoms with Crippen LogP contribution in [0.5, 0.6) is 0 Å². The number of anilines is 2. The molecule has 0 aliphatic carbocycles. The number of nitrogens with zero attached hydrogens (tertiary/aromatic N) is 1. The number of nitrogens with one attached hydrogen (secondary N) is 2. The zero-order chi connectivity index (χ0) is 20.8. The molecule has 29 heavy (non-hydrogen) atoms. The second-order valence-electron chi connectivity index (χ2n) is 7.36. The minimum absolute atomic E-state index is 0.0659. The van der Waals surface area contributed by atoms with Crippen molar-refractivity contribution in [3.8, 4) is 0 Å². The molecule has 3 rings (SSSR count). The molecule has 1 saturated heterocycles. The molecule has 5 nitrogen and oxygen atoms in total. The summed E-state index contributed by atoms with van der Waals surface area (Å²) in [4.78, 5) is 14.4. The number of ether oxygens (including phenoxy) is 1. The average molecular weight is 412 g/mol. The highest BCUT2D eigenvalue weighted by Crippen LogP contribution is 2.23. The number of carbonyl (C=O) groups excluding carboxylic acids is 1. The molecule has 2 aromatic carbocycles. The van der Waals surface area contributed by atoms with Crippen molar-refractivity contribution in [1.29, 1.82) is 0 Å². The third-order valence-corrected chi connectivity index (χ3v) is 5.43. The Bertz CT molecular complexity index is 861. The van der Waals surface area contributed by atoms with Crippen LogP contribution in [0.25, 0.3) is 0 Å². The predicted molar refractivity (Wildman–Crippen MR) is 123 cm³/mol. The maximum Gasteiger partial charge on any atom is 0.338 e. The summed E-state index contributed by atoms with van der Waals surface area (Å²) in [6.45, 7) is 8.49. The molecule has 0 radical (unpaired) electrons. The first-order chi connectivity index (χ1) is 14.0. The molecule has 1 heterocycles. The fraction of sp³-hybridized carbons (Fsp3) is 0.391. The van der Waals surface area contributed by atoms with Gasteiger partial charge in [0.2, 0.25) is 0 Å². The van der Waals surface area contributed by atoms with Crippen molar-refractivity contribution in [1.82, 2.24) is 5.32 Å². The molecule has 2 aromatic rings. The minimum atomic E-state index is -0.333. The van der Waals surface area contributed by atoms with Crippen molar-refractivity contribution in [3.63, 3.8) is 0 Å². The molecule has 0 amide bonds. The van der Waals surface area contributed by atoms with Gasteiger partial charge in [-0.05, 0) is 81.2 Å². The number of hydrogen-bond donors (Lipinski definition) is 2. The molecule has 0 unspecified atom stereocenters. The lowest BCUT2D eigenvalue weighted by Gasteiger charge is -2.21. The van der Waals surface area contributed by atoms with Gasteiger partial charge in [0.1, 0.15) is 0 Å². The number of hydrogen-bond acceptors (Lipinski definition) is 4. The maximum atomic E-state index is 12.0. The molecule has 6 heteroatoms. The Hall–Kier alpha value is -2.60. The van der Waals surface area contributed by atoms with Crippen molar-refractivity contribution in [2.24, 2.45) is 0 Å². The lowest BCUT2D eigenvalue weighted by Crippen LogP contribution is -2.31. The van der Waals surface area contributed by atoms with E-state index < -0.39 is 0 Å². The van der Waals surface area contributed by atoms with Gasteiger partial charge < -0.3 is 20.3 Å². The number of aryl methyl sites for hydroxylation is 1. The van der Waals surface area contributed by atoms with Crippen molar-refractivity contribution in [2.45, 2.75) is 39.7 Å². The van der Waals surface area contributed by atoms with E-state index in [1.807, 2.05) is 13.0 Å². The van der Waals surface area contributed by atoms with Gasteiger partial charge in [0.15, 0.2) is 5.11 Å². The Kier molecular flexibility index (Phi) is 7.09. The fourth-order valence-corrected chi connectivity index (χ4v) is 3.77. The topological polar surface area (TPSA) is 53.6 Å². The summed E-state index contributed by atoms with van der Waals surface area (Å²) in [6, 6.07) is 14.2. The molecular formula is C23H29N3O2S. The van der Waals surface area contributed by atoms with E-state index in [2.05, 4.69) is 46.7 Å². The number of carbonyl (C=O) groups is 1. The van der Waals surface area contributed by atoms with E-state index in [9.17, 15) is 4.79 Å². The Morgan fingerprint density at radius 1 is 1.17 bits per heavy atom. The van der Waals surface area contributed by atoms with E-state index in [1.165, 1.54) is 24.1 Å². The Morgan fingerprint density at radius 2 is 1.86 bits per heavy atom. The molecule has 1 aliphatic rings. The van der Waals surface area contributed by atoms with Crippen LogP contribution in [0.1, 0.15) is 54.2 Å². The van der Waals surface area contributed by atoms with E-state index >= 15 is 0 Å². The van der Waals surface area contributed by atoms with Gasteiger partial charge >= 0.3 is 5.97 Å². The van der Waals surface area contributed by atoms with E-state index in [0.29, 0.717) is 17.3 Å². The van der Waals surface area contributed by atoms with Crippen LogP contribution >= 0.6 is 12.2 Å². The largest absolute Gasteiger partial charge is 0.462 e. The minimum Gasteiger partial charge on any atom is -0.462 e. The average Bonchev–Trinajstić information content (AvgIpc) is 3.24. The summed E-state index contributed by atoms with van der Waals surface area (Å²) in [6.07, 6.45) is 2.55. The van der Waals surface area contributed by atoms with Crippen LogP contribution in [0.3, 0.4) is 0 Å². The third-order valence-electron chi connectivity index (χ3n) is 5.21. The van der Waals surface area contributed by atoms with Gasteiger partial charge in [-0.15, -0.1) is 0 Å². The second-order valence-corrected chi connectivity index (χ2v) is 7.76. The van der Waals surface area contributed by atoms with Gasteiger partial charge in [-0.1, -0.05) is 18.2 Å². The van der Waals surface area contributed by atoms with Gasteiger partial charge in [-0.2, -0.15) is 0 Å². The van der Waals surface area contributed by atoms with Gasteiger partial charge in [0.25, 0.3) is 0 Å². The quantitative estimate of drug-likeness (QED) is 0.525. The van der Waals surface area contributed by atoms with Crippen molar-refractivity contribution >= 4 is 34.7 Å². The molecule has 154 valence electrons. The zero-order valence-electron chi connectivity index (χ0n) is 17.3. The lowest BCUT2D eigenvalue weighted by molar-refractivity contribution is 0.0526. The van der Waals surface area contributed by atoms with Gasteiger partial charge in [0, 0.05) is 24.5 Å². The van der Waals surface area contributed by atoms with Crippen LogP contribution < -0.4 is 15.5 Å². The molecule has 0 bridgehead atoms. The van der Waals surface area contributed by atoms with Crippen LogP contribution in [0.4, 0.5) is 11.4 Å². The highest BCUT2D eigenvalue weighted by molar-refractivity contribution is 7.80. The molecule has 1 fully saturated rings. The smallest absolute Gasteiger partial charge is 0.338 e. The standard InChI is InChI=1S/C23H29N3O2S/c1-4-28-22(27)19-8-7-16(2)21(15-19)25-23(29)24-17(3)18-9-11-20(12-10-18)26-13-5-6-14-26/h7-12,15,17H,4-6,13-14H2,1-3H3,(H2,24,25,29)/t17-/m1/s1. The summed E-state index contributed by atoms with van der Waals surface area (Å²) >= 11 is 5.50. The number of rotatable bonds is 6. The van der Waals surface area contributed by atoms with Crippen LogP contribution in [0, 0.1) is 6.92 Å². The third kappa shape index (κ3) is 5.48. The first-order valence-electron chi connectivity index (χ1n) is 10.2. The summed E-state index contributed by atoms with van der Waals surface area (Å²) < 4.78 is 5.08. The monoisotopic (exact) mass is 411 g/mol. The van der Waals surface area contributed by atoms with Crippen LogP contribution in [0.15, 0.2) is 42.5 Å². The molecule has 0 aromatic heterocycles. The predicted octanol–water partition coefficient (Wildman–Crippen LogP) is 4.82. The molecule has 1 aliphatic heterocycles. The first-order valence-corrected chi connectivity index (χ1v) is 10.6. The number of esters is 1. The molecule has 0 saturated carbocycles. The van der Waals surface area contributed by atoms with Crippen molar-refractivity contribution in [2.75, 3.05) is 29.9 Å². The van der Waals surface area contributed by atoms with E-state index in [4.69, 9.17) is 17.0 Å². The molecular weight excluding hydrogens is 382 g/mol. The second kappa shape index (κ2) is 9.74. The maximum absolute atomic E-state index is 12.0. The number of thiocarbonyl (C=S) groups is 1. The summed E-state index contributed by atoms with van der Waals surface area (Å²) in [5.74, 6) is -0.333. The van der Waals surface area contributed by atoms with Gasteiger partial charge in [-0.25, -0.2) is 4.79 Å². The fourth-order valence-electron chi connectivity index (χ4n) is 3.49. The van der Waals surface area contributed by atoms with Crippen molar-refractivity contribution in [3.05, 3.63) is 59.2 Å². The highest BCUT2D eigenvalue weighted by atomic mass is 32.1. The molecule has 1 atom stereocenters. The van der Waals surface area contributed by atoms with Gasteiger partial charge in [-0.3, -0.25) is 0 Å². The van der Waals surface area contributed by atoms with Crippen molar-refractivity contribution < 1.29 is 9.53 Å². The van der Waals surface area contributed by atoms with E-state index in [0.717, 1.165) is 24.3 Å². The van der Waals surface area contributed by atoms with Gasteiger partial charge in [0.05, 0.1) is 18.2 Å². The Labute approximate surface area is 178 Å². The number of benzene rings is 2. The normalized spacial score (nSPS) is 14.4. The van der Waals surface area contributed by atoms with E-state index in [-0.39, 0.29) is 12.0 Å². The molecule has 0 spiro atoms.